The molecule has 0 amide bonds. The molecule has 0 heterocycles. The second-order valence-electron chi connectivity index (χ2n) is 3.57. The Morgan fingerprint density at radius 1 is 1.33 bits per heavy atom. The molecule has 0 fully saturated rings. The summed E-state index contributed by atoms with van der Waals surface area (Å²) < 4.78 is 0. The van der Waals surface area contributed by atoms with Crippen LogP contribution in [0.1, 0.15) is 34.3 Å². The summed E-state index contributed by atoms with van der Waals surface area (Å²) in [7, 11) is 0. The Labute approximate surface area is 95.3 Å². The van der Waals surface area contributed by atoms with Crippen molar-refractivity contribution in [2.45, 2.75) is 19.3 Å². The van der Waals surface area contributed by atoms with Crippen LogP contribution in [0.25, 0.3) is 0 Å². The van der Waals surface area contributed by atoms with E-state index in [1.165, 1.54) is 0 Å². The van der Waals surface area contributed by atoms with E-state index >= 15 is 0 Å². The molecule has 0 saturated carbocycles. The van der Waals surface area contributed by atoms with E-state index in [-0.39, 0.29) is 5.78 Å². The molecule has 0 saturated heterocycles. The zero-order valence-corrected chi connectivity index (χ0v) is 9.31. The van der Waals surface area contributed by atoms with E-state index < -0.39 is 0 Å². The minimum atomic E-state index is 0.264. The highest BCUT2D eigenvalue weighted by molar-refractivity contribution is 7.80. The summed E-state index contributed by atoms with van der Waals surface area (Å²) in [6.45, 7) is 0. The minimum Gasteiger partial charge on any atom is -0.294 e. The van der Waals surface area contributed by atoms with E-state index in [0.717, 1.165) is 35.3 Å². The Morgan fingerprint density at radius 3 is 3.00 bits per heavy atom. The van der Waals surface area contributed by atoms with Gasteiger partial charge in [0.15, 0.2) is 5.78 Å². The summed E-state index contributed by atoms with van der Waals surface area (Å²) in [5.41, 5.74) is 3.04. The smallest absolute Gasteiger partial charge is 0.163 e. The molecule has 2 rings (SSSR count). The fraction of sp³-hybridized carbons (Fsp3) is 0.308. The fourth-order valence-corrected chi connectivity index (χ4v) is 1.87. The highest BCUT2D eigenvalue weighted by Gasteiger charge is 2.18. The van der Waals surface area contributed by atoms with Gasteiger partial charge in [-0.3, -0.25) is 4.79 Å². The van der Waals surface area contributed by atoms with Crippen LogP contribution in [0.15, 0.2) is 18.2 Å². The predicted octanol–water partition coefficient (Wildman–Crippen LogP) is 2.49. The van der Waals surface area contributed by atoms with E-state index in [9.17, 15) is 4.79 Å². The van der Waals surface area contributed by atoms with Crippen LogP contribution in [0.2, 0.25) is 0 Å². The van der Waals surface area contributed by atoms with Crippen molar-refractivity contribution in [3.05, 3.63) is 34.9 Å². The van der Waals surface area contributed by atoms with E-state index in [1.54, 1.807) is 0 Å². The lowest BCUT2D eigenvalue weighted by Gasteiger charge is -1.97. The maximum absolute atomic E-state index is 11.4. The van der Waals surface area contributed by atoms with Crippen LogP contribution in [-0.4, -0.2) is 11.5 Å². The van der Waals surface area contributed by atoms with Crippen LogP contribution in [0.3, 0.4) is 0 Å². The number of Topliss-reactive ketones (excluding diaryl/α,β-unsaturated/α-hetero) is 1. The first kappa shape index (κ1) is 10.3. The van der Waals surface area contributed by atoms with Gasteiger partial charge >= 0.3 is 0 Å². The highest BCUT2D eigenvalue weighted by Crippen LogP contribution is 2.22. The molecule has 0 unspecified atom stereocenters. The largest absolute Gasteiger partial charge is 0.294 e. The van der Waals surface area contributed by atoms with Crippen molar-refractivity contribution in [3.8, 4) is 11.8 Å². The molecule has 0 aliphatic heterocycles. The van der Waals surface area contributed by atoms with Crippen molar-refractivity contribution >= 4 is 18.4 Å². The molecule has 0 aromatic heterocycles. The van der Waals surface area contributed by atoms with Crippen molar-refractivity contribution in [2.24, 2.45) is 0 Å². The second-order valence-corrected chi connectivity index (χ2v) is 4.02. The average Bonchev–Trinajstić information content (AvgIpc) is 2.61. The number of hydrogen-bond donors (Lipinski definition) is 1. The lowest BCUT2D eigenvalue weighted by molar-refractivity contribution is 0.0994. The third-order valence-electron chi connectivity index (χ3n) is 2.50. The van der Waals surface area contributed by atoms with Gasteiger partial charge in [-0.2, -0.15) is 12.6 Å². The first-order valence-corrected chi connectivity index (χ1v) is 5.70. The molecule has 1 aliphatic carbocycles. The number of carbonyl (C=O) groups is 1. The second kappa shape index (κ2) is 4.55. The monoisotopic (exact) mass is 216 g/mol. The Kier molecular flexibility index (Phi) is 3.13. The topological polar surface area (TPSA) is 17.1 Å². The van der Waals surface area contributed by atoms with Crippen LogP contribution in [0.5, 0.6) is 0 Å². The first-order valence-electron chi connectivity index (χ1n) is 5.07. The molecule has 2 heteroatoms. The maximum atomic E-state index is 11.4. The van der Waals surface area contributed by atoms with Gasteiger partial charge in [0, 0.05) is 29.7 Å². The van der Waals surface area contributed by atoms with Crippen LogP contribution in [0.4, 0.5) is 0 Å². The summed E-state index contributed by atoms with van der Waals surface area (Å²) in [4.78, 5) is 11.4. The van der Waals surface area contributed by atoms with Gasteiger partial charge in [-0.1, -0.05) is 11.8 Å². The van der Waals surface area contributed by atoms with E-state index in [4.69, 9.17) is 0 Å². The SMILES string of the molecule is O=C1CCc2cc(C#CCCS)ccc21. The number of thiol groups is 1. The molecular weight excluding hydrogens is 204 g/mol. The molecule has 0 spiro atoms. The molecule has 76 valence electrons. The Bertz CT molecular complexity index is 451. The van der Waals surface area contributed by atoms with E-state index in [0.29, 0.717) is 6.42 Å². The molecule has 0 bridgehead atoms. The number of hydrogen-bond acceptors (Lipinski definition) is 2. The van der Waals surface area contributed by atoms with Crippen LogP contribution >= 0.6 is 12.6 Å². The van der Waals surface area contributed by atoms with E-state index in [1.807, 2.05) is 18.2 Å². The van der Waals surface area contributed by atoms with Crippen molar-refractivity contribution in [2.75, 3.05) is 5.75 Å². The van der Waals surface area contributed by atoms with Gasteiger partial charge in [-0.05, 0) is 30.2 Å². The first-order chi connectivity index (χ1) is 7.31. The molecule has 1 aliphatic rings. The van der Waals surface area contributed by atoms with Gasteiger partial charge in [0.05, 0.1) is 0 Å². The number of fused-ring (bicyclic) bond motifs is 1. The zero-order valence-electron chi connectivity index (χ0n) is 8.42. The van der Waals surface area contributed by atoms with Crippen LogP contribution < -0.4 is 0 Å². The Morgan fingerprint density at radius 2 is 2.20 bits per heavy atom. The van der Waals surface area contributed by atoms with Crippen LogP contribution in [0, 0.1) is 11.8 Å². The molecule has 0 radical (unpaired) electrons. The van der Waals surface area contributed by atoms with Crippen molar-refractivity contribution in [1.82, 2.24) is 0 Å². The molecule has 15 heavy (non-hydrogen) atoms. The summed E-state index contributed by atoms with van der Waals surface area (Å²) in [6.07, 6.45) is 2.33. The van der Waals surface area contributed by atoms with Gasteiger partial charge in [-0.25, -0.2) is 0 Å². The minimum absolute atomic E-state index is 0.264. The Hall–Kier alpha value is -1.20. The zero-order chi connectivity index (χ0) is 10.7. The van der Waals surface area contributed by atoms with Gasteiger partial charge in [0.1, 0.15) is 0 Å². The third kappa shape index (κ3) is 2.24. The van der Waals surface area contributed by atoms with E-state index in [2.05, 4.69) is 24.5 Å². The lowest BCUT2D eigenvalue weighted by Crippen LogP contribution is -1.90. The normalized spacial score (nSPS) is 13.3. The summed E-state index contributed by atoms with van der Waals surface area (Å²) in [5.74, 6) is 7.17. The van der Waals surface area contributed by atoms with Crippen molar-refractivity contribution in [3.63, 3.8) is 0 Å². The van der Waals surface area contributed by atoms with Crippen molar-refractivity contribution < 1.29 is 4.79 Å². The standard InChI is InChI=1S/C13H12OS/c14-13-7-5-11-9-10(3-1-2-8-15)4-6-12(11)13/h4,6,9,15H,2,5,7-8H2. The predicted molar refractivity (Wildman–Crippen MR) is 64.4 cm³/mol. The fourth-order valence-electron chi connectivity index (χ4n) is 1.75. The molecule has 1 nitrogen and oxygen atoms in total. The molecule has 1 aromatic rings. The summed E-state index contributed by atoms with van der Waals surface area (Å²) in [5, 5.41) is 0. The van der Waals surface area contributed by atoms with Crippen LogP contribution in [-0.2, 0) is 6.42 Å². The number of aryl methyl sites for hydroxylation is 1. The van der Waals surface area contributed by atoms with Gasteiger partial charge in [0.25, 0.3) is 0 Å². The molecule has 0 N–H and O–H groups in total. The molecule has 0 atom stereocenters. The van der Waals surface area contributed by atoms with Gasteiger partial charge < -0.3 is 0 Å². The number of benzene rings is 1. The van der Waals surface area contributed by atoms with Gasteiger partial charge in [0.2, 0.25) is 0 Å². The molecular formula is C13H12OS. The maximum Gasteiger partial charge on any atom is 0.163 e. The van der Waals surface area contributed by atoms with Gasteiger partial charge in [-0.15, -0.1) is 0 Å². The number of carbonyl (C=O) groups excluding carboxylic acids is 1. The number of ketones is 1. The Balaban J connectivity index is 2.24. The lowest BCUT2D eigenvalue weighted by atomic mass is 10.1. The van der Waals surface area contributed by atoms with Crippen molar-refractivity contribution in [1.29, 1.82) is 0 Å². The summed E-state index contributed by atoms with van der Waals surface area (Å²) in [6, 6.07) is 5.86. The highest BCUT2D eigenvalue weighted by atomic mass is 32.1. The third-order valence-corrected chi connectivity index (χ3v) is 2.72. The molecule has 1 aromatic carbocycles. The average molecular weight is 216 g/mol. The quantitative estimate of drug-likeness (QED) is 0.564. The number of rotatable bonds is 1. The summed E-state index contributed by atoms with van der Waals surface area (Å²) >= 11 is 4.10.